The number of hydrogen-bond acceptors (Lipinski definition) is 4. The van der Waals surface area contributed by atoms with Crippen LogP contribution in [0.4, 0.5) is 5.69 Å². The topological polar surface area (TPSA) is 64.9 Å². The quantitative estimate of drug-likeness (QED) is 0.622. The Bertz CT molecular complexity index is 613. The molecule has 0 radical (unpaired) electrons. The average molecular weight is 329 g/mol. The van der Waals surface area contributed by atoms with Crippen molar-refractivity contribution in [1.29, 1.82) is 0 Å². The summed E-state index contributed by atoms with van der Waals surface area (Å²) in [5.74, 6) is 1.52. The maximum absolute atomic E-state index is 12.2. The summed E-state index contributed by atoms with van der Waals surface area (Å²) in [6.07, 6.45) is 6.38. The minimum absolute atomic E-state index is 0.0300. The van der Waals surface area contributed by atoms with Crippen molar-refractivity contribution >= 4 is 17.8 Å². The Hall–Kier alpha value is -2.04. The van der Waals surface area contributed by atoms with E-state index in [9.17, 15) is 9.90 Å². The summed E-state index contributed by atoms with van der Waals surface area (Å²) in [5, 5.41) is 14.2. The molecule has 0 saturated heterocycles. The summed E-state index contributed by atoms with van der Waals surface area (Å²) >= 11 is 0. The number of aromatic hydroxyl groups is 1. The van der Waals surface area contributed by atoms with Crippen LogP contribution in [0.15, 0.2) is 23.3 Å². The number of nitrogens with one attached hydrogen (secondary N) is 1. The maximum Gasteiger partial charge on any atom is 0.243 e. The zero-order chi connectivity index (χ0) is 17.1. The molecule has 2 N–H and O–H groups in total. The lowest BCUT2D eigenvalue weighted by molar-refractivity contribution is -0.122. The molecule has 2 aliphatic carbocycles. The molecular formula is C19H27N3O2. The van der Waals surface area contributed by atoms with Gasteiger partial charge in [0.1, 0.15) is 5.75 Å². The van der Waals surface area contributed by atoms with Gasteiger partial charge in [0.25, 0.3) is 0 Å². The highest BCUT2D eigenvalue weighted by Crippen LogP contribution is 2.55. The van der Waals surface area contributed by atoms with Crippen molar-refractivity contribution in [3.63, 3.8) is 0 Å². The Balaban J connectivity index is 1.57. The van der Waals surface area contributed by atoms with Gasteiger partial charge in [-0.3, -0.25) is 4.79 Å². The smallest absolute Gasteiger partial charge is 0.243 e. The predicted octanol–water partition coefficient (Wildman–Crippen LogP) is 3.12. The Morgan fingerprint density at radius 1 is 1.29 bits per heavy atom. The molecule has 1 aromatic rings. The average Bonchev–Trinajstić information content (AvgIpc) is 3.32. The minimum atomic E-state index is 0.0300. The first-order chi connectivity index (χ1) is 11.7. The number of hydrogen-bond donors (Lipinski definition) is 2. The molecule has 0 aromatic heterocycles. The monoisotopic (exact) mass is 329 g/mol. The molecule has 2 fully saturated rings. The van der Waals surface area contributed by atoms with Crippen LogP contribution < -0.4 is 10.3 Å². The molecule has 130 valence electrons. The number of hydrazone groups is 1. The van der Waals surface area contributed by atoms with Crippen molar-refractivity contribution in [3.05, 3.63) is 23.8 Å². The van der Waals surface area contributed by atoms with E-state index >= 15 is 0 Å². The molecule has 2 aliphatic rings. The van der Waals surface area contributed by atoms with Gasteiger partial charge in [0, 0.05) is 36.3 Å². The highest BCUT2D eigenvalue weighted by atomic mass is 16.3. The van der Waals surface area contributed by atoms with Gasteiger partial charge in [-0.05, 0) is 50.7 Å². The highest BCUT2D eigenvalue weighted by Gasteiger charge is 2.54. The van der Waals surface area contributed by atoms with Crippen molar-refractivity contribution < 1.29 is 9.90 Å². The van der Waals surface area contributed by atoms with Gasteiger partial charge in [0.15, 0.2) is 0 Å². The number of nitrogens with zero attached hydrogens (tertiary/aromatic N) is 2. The summed E-state index contributed by atoms with van der Waals surface area (Å²) in [6, 6.07) is 5.53. The summed E-state index contributed by atoms with van der Waals surface area (Å²) < 4.78 is 0. The van der Waals surface area contributed by atoms with Crippen LogP contribution in [-0.2, 0) is 4.79 Å². The Morgan fingerprint density at radius 2 is 1.96 bits per heavy atom. The van der Waals surface area contributed by atoms with Gasteiger partial charge < -0.3 is 10.0 Å². The SMILES string of the molecule is CCN(CC)c1ccc(/C=N/NC(=O)C2[C@H]3CCCC[C@@H]23)c(O)c1. The summed E-state index contributed by atoms with van der Waals surface area (Å²) in [5.41, 5.74) is 4.24. The lowest BCUT2D eigenvalue weighted by atomic mass is 10.0. The van der Waals surface area contributed by atoms with E-state index in [1.54, 1.807) is 6.07 Å². The van der Waals surface area contributed by atoms with E-state index in [1.807, 2.05) is 12.1 Å². The van der Waals surface area contributed by atoms with Gasteiger partial charge >= 0.3 is 0 Å². The molecule has 0 heterocycles. The molecule has 24 heavy (non-hydrogen) atoms. The normalized spacial score (nSPS) is 25.3. The largest absolute Gasteiger partial charge is 0.507 e. The van der Waals surface area contributed by atoms with Gasteiger partial charge in [-0.1, -0.05) is 12.8 Å². The third kappa shape index (κ3) is 3.40. The summed E-state index contributed by atoms with van der Waals surface area (Å²) in [7, 11) is 0. The van der Waals surface area contributed by atoms with Crippen LogP contribution in [-0.4, -0.2) is 30.3 Å². The molecule has 3 atom stereocenters. The summed E-state index contributed by atoms with van der Waals surface area (Å²) in [4.78, 5) is 14.3. The maximum atomic E-state index is 12.2. The van der Waals surface area contributed by atoms with Crippen molar-refractivity contribution in [1.82, 2.24) is 5.43 Å². The minimum Gasteiger partial charge on any atom is -0.507 e. The van der Waals surface area contributed by atoms with Gasteiger partial charge in [-0.2, -0.15) is 5.10 Å². The fraction of sp³-hybridized carbons (Fsp3) is 0.579. The number of anilines is 1. The van der Waals surface area contributed by atoms with Crippen molar-refractivity contribution in [2.24, 2.45) is 22.9 Å². The van der Waals surface area contributed by atoms with Crippen LogP contribution in [0.25, 0.3) is 0 Å². The molecule has 1 aromatic carbocycles. The van der Waals surface area contributed by atoms with E-state index < -0.39 is 0 Å². The number of benzene rings is 1. The molecule has 0 spiro atoms. The van der Waals surface area contributed by atoms with Gasteiger partial charge in [-0.25, -0.2) is 5.43 Å². The number of phenols is 1. The van der Waals surface area contributed by atoms with Crippen LogP contribution in [0, 0.1) is 17.8 Å². The first-order valence-corrected chi connectivity index (χ1v) is 9.06. The van der Waals surface area contributed by atoms with Crippen LogP contribution in [0.2, 0.25) is 0 Å². The molecule has 0 bridgehead atoms. The van der Waals surface area contributed by atoms with Crippen LogP contribution in [0.5, 0.6) is 5.75 Å². The fourth-order valence-corrected chi connectivity index (χ4v) is 4.05. The second-order valence-electron chi connectivity index (χ2n) is 6.79. The number of fused-ring (bicyclic) bond motifs is 1. The zero-order valence-electron chi connectivity index (χ0n) is 14.5. The van der Waals surface area contributed by atoms with E-state index in [0.717, 1.165) is 18.8 Å². The van der Waals surface area contributed by atoms with Crippen molar-refractivity contribution in [2.45, 2.75) is 39.5 Å². The Morgan fingerprint density at radius 3 is 2.54 bits per heavy atom. The number of carbonyl (C=O) groups is 1. The van der Waals surface area contributed by atoms with Crippen molar-refractivity contribution in [3.8, 4) is 5.75 Å². The van der Waals surface area contributed by atoms with Gasteiger partial charge in [0.2, 0.25) is 5.91 Å². The number of amides is 1. The summed E-state index contributed by atoms with van der Waals surface area (Å²) in [6.45, 7) is 5.95. The predicted molar refractivity (Wildman–Crippen MR) is 96.3 cm³/mol. The lowest BCUT2D eigenvalue weighted by Crippen LogP contribution is -2.21. The van der Waals surface area contributed by atoms with E-state index in [0.29, 0.717) is 17.4 Å². The van der Waals surface area contributed by atoms with Crippen LogP contribution in [0.3, 0.4) is 0 Å². The Kier molecular flexibility index (Phi) is 5.07. The van der Waals surface area contributed by atoms with E-state index in [2.05, 4.69) is 29.3 Å². The molecule has 2 saturated carbocycles. The number of carbonyl (C=O) groups excluding carboxylic acids is 1. The zero-order valence-corrected chi connectivity index (χ0v) is 14.5. The third-order valence-corrected chi connectivity index (χ3v) is 5.48. The molecule has 0 aliphatic heterocycles. The fourth-order valence-electron chi connectivity index (χ4n) is 4.05. The molecule has 5 nitrogen and oxygen atoms in total. The van der Waals surface area contributed by atoms with E-state index in [4.69, 9.17) is 0 Å². The standard InChI is InChI=1S/C19H27N3O2/c1-3-22(4-2)14-10-9-13(17(23)11-14)12-20-21-19(24)18-15-7-5-6-8-16(15)18/h9-12,15-16,18,23H,3-8H2,1-2H3,(H,21,24)/b20-12+/t15-,16+,18?. The van der Waals surface area contributed by atoms with Crippen LogP contribution in [0.1, 0.15) is 45.1 Å². The first-order valence-electron chi connectivity index (χ1n) is 9.06. The first kappa shape index (κ1) is 16.8. The van der Waals surface area contributed by atoms with E-state index in [-0.39, 0.29) is 17.6 Å². The second kappa shape index (κ2) is 7.24. The number of rotatable bonds is 6. The molecule has 1 unspecified atom stereocenters. The van der Waals surface area contributed by atoms with Crippen LogP contribution >= 0.6 is 0 Å². The Labute approximate surface area is 143 Å². The van der Waals surface area contributed by atoms with E-state index in [1.165, 1.54) is 31.9 Å². The molecule has 5 heteroatoms. The second-order valence-corrected chi connectivity index (χ2v) is 6.79. The lowest BCUT2D eigenvalue weighted by Gasteiger charge is -2.21. The number of phenolic OH excluding ortho intramolecular Hbond substituents is 1. The highest BCUT2D eigenvalue weighted by molar-refractivity contribution is 5.87. The van der Waals surface area contributed by atoms with Gasteiger partial charge in [0.05, 0.1) is 6.21 Å². The van der Waals surface area contributed by atoms with Gasteiger partial charge in [-0.15, -0.1) is 0 Å². The molecule has 1 amide bonds. The third-order valence-electron chi connectivity index (χ3n) is 5.48. The van der Waals surface area contributed by atoms with Crippen molar-refractivity contribution in [2.75, 3.05) is 18.0 Å². The molecular weight excluding hydrogens is 302 g/mol. The molecule has 3 rings (SSSR count).